The van der Waals surface area contributed by atoms with Gasteiger partial charge in [-0.2, -0.15) is 0 Å². The van der Waals surface area contributed by atoms with E-state index in [9.17, 15) is 19.2 Å². The summed E-state index contributed by atoms with van der Waals surface area (Å²) in [6.45, 7) is -0.332. The Balaban J connectivity index is 1.58. The Morgan fingerprint density at radius 3 is 2.62 bits per heavy atom. The van der Waals surface area contributed by atoms with E-state index in [1.807, 2.05) is 5.43 Å². The van der Waals surface area contributed by atoms with Crippen molar-refractivity contribution in [3.63, 3.8) is 0 Å². The average Bonchev–Trinajstić information content (AvgIpc) is 3.39. The van der Waals surface area contributed by atoms with Gasteiger partial charge in [0.1, 0.15) is 6.54 Å². The second kappa shape index (κ2) is 6.49. The zero-order chi connectivity index (χ0) is 17.1. The molecule has 0 saturated heterocycles. The third-order valence-electron chi connectivity index (χ3n) is 3.48. The molecule has 1 aromatic heterocycles. The Morgan fingerprint density at radius 1 is 1.12 bits per heavy atom. The molecule has 2 aromatic rings. The number of rotatable bonds is 3. The first-order valence-electron chi connectivity index (χ1n) is 7.38. The fraction of sp³-hybridized carbons (Fsp3) is 0.267. The summed E-state index contributed by atoms with van der Waals surface area (Å²) >= 11 is 0. The molecule has 3 amide bonds. The minimum atomic E-state index is -0.959. The van der Waals surface area contributed by atoms with Crippen LogP contribution in [0, 0.1) is 0 Å². The number of fused-ring (bicyclic) bond motifs is 1. The van der Waals surface area contributed by atoms with Crippen LogP contribution in [0.25, 0.3) is 10.9 Å². The van der Waals surface area contributed by atoms with Gasteiger partial charge in [-0.25, -0.2) is 4.98 Å². The SMILES string of the molecule is O=C(Cn1cnc2ccccc2c1=O)NNC(=O)C(=O)NC1CC1. The van der Waals surface area contributed by atoms with Crippen LogP contribution in [-0.4, -0.2) is 33.3 Å². The van der Waals surface area contributed by atoms with Crippen molar-refractivity contribution in [3.8, 4) is 0 Å². The highest BCUT2D eigenvalue weighted by Gasteiger charge is 2.26. The molecule has 124 valence electrons. The smallest absolute Gasteiger partial charge is 0.327 e. The van der Waals surface area contributed by atoms with E-state index < -0.39 is 17.7 Å². The van der Waals surface area contributed by atoms with E-state index in [0.717, 1.165) is 17.4 Å². The van der Waals surface area contributed by atoms with Crippen molar-refractivity contribution in [3.05, 3.63) is 40.9 Å². The van der Waals surface area contributed by atoms with E-state index in [0.29, 0.717) is 10.9 Å². The largest absolute Gasteiger partial charge is 0.345 e. The standard InChI is InChI=1S/C15H15N5O4/c21-12(18-19-14(23)13(22)17-9-5-6-9)7-20-8-16-11-4-2-1-3-10(11)15(20)24/h1-4,8-9H,5-7H2,(H,17,22)(H,18,21)(H,19,23). The molecule has 9 nitrogen and oxygen atoms in total. The summed E-state index contributed by atoms with van der Waals surface area (Å²) in [5, 5.41) is 2.88. The van der Waals surface area contributed by atoms with Crippen LogP contribution in [0.5, 0.6) is 0 Å². The molecule has 1 aliphatic carbocycles. The van der Waals surface area contributed by atoms with Crippen LogP contribution < -0.4 is 21.7 Å². The first-order chi connectivity index (χ1) is 11.5. The van der Waals surface area contributed by atoms with Gasteiger partial charge in [0.05, 0.1) is 17.2 Å². The fourth-order valence-electron chi connectivity index (χ4n) is 2.07. The zero-order valence-electron chi connectivity index (χ0n) is 12.6. The van der Waals surface area contributed by atoms with E-state index in [-0.39, 0.29) is 18.1 Å². The van der Waals surface area contributed by atoms with Gasteiger partial charge in [0, 0.05) is 6.04 Å². The number of para-hydroxylation sites is 1. The zero-order valence-corrected chi connectivity index (χ0v) is 12.6. The molecule has 1 heterocycles. The van der Waals surface area contributed by atoms with Gasteiger partial charge in [-0.3, -0.25) is 34.6 Å². The molecular weight excluding hydrogens is 314 g/mol. The van der Waals surface area contributed by atoms with Gasteiger partial charge >= 0.3 is 11.8 Å². The number of hydrogen-bond acceptors (Lipinski definition) is 5. The molecule has 0 radical (unpaired) electrons. The second-order valence-corrected chi connectivity index (χ2v) is 5.44. The quantitative estimate of drug-likeness (QED) is 0.483. The number of carbonyl (C=O) groups is 3. The molecule has 0 aliphatic heterocycles. The number of nitrogens with zero attached hydrogens (tertiary/aromatic N) is 2. The monoisotopic (exact) mass is 329 g/mol. The predicted molar refractivity (Wildman–Crippen MR) is 83.5 cm³/mol. The maximum absolute atomic E-state index is 12.2. The van der Waals surface area contributed by atoms with E-state index >= 15 is 0 Å². The second-order valence-electron chi connectivity index (χ2n) is 5.44. The van der Waals surface area contributed by atoms with Gasteiger partial charge in [0.25, 0.3) is 11.5 Å². The van der Waals surface area contributed by atoms with E-state index in [1.54, 1.807) is 24.3 Å². The van der Waals surface area contributed by atoms with Crippen molar-refractivity contribution >= 4 is 28.6 Å². The summed E-state index contributed by atoms with van der Waals surface area (Å²) in [4.78, 5) is 51.0. The van der Waals surface area contributed by atoms with Crippen LogP contribution in [0.1, 0.15) is 12.8 Å². The fourth-order valence-corrected chi connectivity index (χ4v) is 2.07. The van der Waals surface area contributed by atoms with Crippen molar-refractivity contribution in [2.75, 3.05) is 0 Å². The topological polar surface area (TPSA) is 122 Å². The number of benzene rings is 1. The van der Waals surface area contributed by atoms with Crippen LogP contribution in [0.15, 0.2) is 35.4 Å². The molecule has 1 saturated carbocycles. The van der Waals surface area contributed by atoms with Gasteiger partial charge in [-0.05, 0) is 25.0 Å². The molecule has 1 fully saturated rings. The third kappa shape index (κ3) is 3.57. The van der Waals surface area contributed by atoms with E-state index in [2.05, 4.69) is 15.7 Å². The van der Waals surface area contributed by atoms with Crippen molar-refractivity contribution in [2.24, 2.45) is 0 Å². The van der Waals surface area contributed by atoms with Crippen molar-refractivity contribution in [2.45, 2.75) is 25.4 Å². The molecule has 1 aromatic carbocycles. The molecule has 0 bridgehead atoms. The van der Waals surface area contributed by atoms with Gasteiger partial charge in [0.15, 0.2) is 0 Å². The van der Waals surface area contributed by atoms with Gasteiger partial charge in [-0.1, -0.05) is 12.1 Å². The van der Waals surface area contributed by atoms with Gasteiger partial charge < -0.3 is 5.32 Å². The lowest BCUT2D eigenvalue weighted by Crippen LogP contribution is -2.50. The average molecular weight is 329 g/mol. The Bertz CT molecular complexity index is 872. The minimum absolute atomic E-state index is 0.0428. The van der Waals surface area contributed by atoms with Crippen LogP contribution >= 0.6 is 0 Å². The first-order valence-corrected chi connectivity index (χ1v) is 7.38. The summed E-state index contributed by atoms with van der Waals surface area (Å²) in [6.07, 6.45) is 2.96. The maximum atomic E-state index is 12.2. The molecular formula is C15H15N5O4. The summed E-state index contributed by atoms with van der Waals surface area (Å²) in [5.41, 5.74) is 4.26. The first kappa shape index (κ1) is 15.7. The maximum Gasteiger partial charge on any atom is 0.327 e. The molecule has 0 unspecified atom stereocenters. The summed E-state index contributed by atoms with van der Waals surface area (Å²) in [7, 11) is 0. The minimum Gasteiger partial charge on any atom is -0.345 e. The highest BCUT2D eigenvalue weighted by atomic mass is 16.2. The Kier molecular flexibility index (Phi) is 4.23. The molecule has 0 atom stereocenters. The van der Waals surface area contributed by atoms with E-state index in [4.69, 9.17) is 0 Å². The Labute approximate surface area is 136 Å². The van der Waals surface area contributed by atoms with Crippen molar-refractivity contribution in [1.82, 2.24) is 25.7 Å². The lowest BCUT2D eigenvalue weighted by atomic mass is 10.2. The Hall–Kier alpha value is -3.23. The molecule has 9 heteroatoms. The summed E-state index contributed by atoms with van der Waals surface area (Å²) in [5.74, 6) is -2.41. The summed E-state index contributed by atoms with van der Waals surface area (Å²) < 4.78 is 1.12. The highest BCUT2D eigenvalue weighted by molar-refractivity contribution is 6.35. The van der Waals surface area contributed by atoms with Crippen molar-refractivity contribution in [1.29, 1.82) is 0 Å². The molecule has 3 N–H and O–H groups in total. The molecule has 3 rings (SSSR count). The van der Waals surface area contributed by atoms with E-state index in [1.165, 1.54) is 6.33 Å². The highest BCUT2D eigenvalue weighted by Crippen LogP contribution is 2.18. The van der Waals surface area contributed by atoms with Crippen LogP contribution in [0.4, 0.5) is 0 Å². The predicted octanol–water partition coefficient (Wildman–Crippen LogP) is -1.18. The normalized spacial score (nSPS) is 13.3. The molecule has 0 spiro atoms. The lowest BCUT2D eigenvalue weighted by Gasteiger charge is -2.09. The number of nitrogens with one attached hydrogen (secondary N) is 3. The van der Waals surface area contributed by atoms with Crippen molar-refractivity contribution < 1.29 is 14.4 Å². The Morgan fingerprint density at radius 2 is 1.88 bits per heavy atom. The van der Waals surface area contributed by atoms with Gasteiger partial charge in [0.2, 0.25) is 0 Å². The number of hydrogen-bond donors (Lipinski definition) is 3. The number of carbonyl (C=O) groups excluding carboxylic acids is 3. The number of hydrazine groups is 1. The third-order valence-corrected chi connectivity index (χ3v) is 3.48. The molecule has 1 aliphatic rings. The van der Waals surface area contributed by atoms with Crippen LogP contribution in [0.3, 0.4) is 0 Å². The van der Waals surface area contributed by atoms with Crippen LogP contribution in [-0.2, 0) is 20.9 Å². The van der Waals surface area contributed by atoms with Crippen LogP contribution in [0.2, 0.25) is 0 Å². The lowest BCUT2D eigenvalue weighted by molar-refractivity contribution is -0.141. The summed E-state index contributed by atoms with van der Waals surface area (Å²) in [6, 6.07) is 6.81. The number of amides is 3. The number of aromatic nitrogens is 2. The molecule has 24 heavy (non-hydrogen) atoms. The van der Waals surface area contributed by atoms with Gasteiger partial charge in [-0.15, -0.1) is 0 Å².